The molecule has 15 nitrogen and oxygen atoms in total. The highest BCUT2D eigenvalue weighted by molar-refractivity contribution is 7.47. The van der Waals surface area contributed by atoms with Crippen LogP contribution in [0.15, 0.2) is 0 Å². The van der Waals surface area contributed by atoms with Gasteiger partial charge >= 0.3 is 7.82 Å². The van der Waals surface area contributed by atoms with E-state index in [4.69, 9.17) is 37.5 Å². The zero-order chi connectivity index (χ0) is 32.7. The minimum absolute atomic E-state index is 0.0753. The molecule has 0 saturated carbocycles. The number of carbonyl (C=O) groups is 1. The number of aliphatic hydroxyl groups excluding tert-OH is 3. The molecule has 0 aromatic carbocycles. The number of aliphatic hydroxyl groups is 3. The molecule has 1 heterocycles. The average Bonchev–Trinajstić information content (AvgIpc) is 2.85. The number of nitrogens with one attached hydrogen (secondary N) is 1. The summed E-state index contributed by atoms with van der Waals surface area (Å²) < 4.78 is 56.0. The van der Waals surface area contributed by atoms with Crippen LogP contribution in [0.2, 0.25) is 0 Å². The van der Waals surface area contributed by atoms with Crippen LogP contribution in [0.4, 0.5) is 0 Å². The van der Waals surface area contributed by atoms with Gasteiger partial charge in [-0.1, -0.05) is 20.8 Å². The van der Waals surface area contributed by atoms with Gasteiger partial charge in [-0.05, 0) is 32.6 Å². The van der Waals surface area contributed by atoms with Gasteiger partial charge in [0.1, 0.15) is 24.4 Å². The van der Waals surface area contributed by atoms with E-state index < -0.39 is 62.7 Å². The molecule has 5 N–H and O–H groups in total. The summed E-state index contributed by atoms with van der Waals surface area (Å²) in [6, 6.07) is -1.01. The number of phosphoric acid groups is 1. The highest BCUT2D eigenvalue weighted by atomic mass is 31.2. The van der Waals surface area contributed by atoms with Crippen molar-refractivity contribution in [3.63, 3.8) is 0 Å². The van der Waals surface area contributed by atoms with Crippen LogP contribution in [0.1, 0.15) is 54.9 Å². The van der Waals surface area contributed by atoms with E-state index in [2.05, 4.69) is 5.32 Å². The number of amides is 1. The molecule has 0 aliphatic carbocycles. The van der Waals surface area contributed by atoms with E-state index in [-0.39, 0.29) is 38.4 Å². The Morgan fingerprint density at radius 1 is 0.884 bits per heavy atom. The van der Waals surface area contributed by atoms with Gasteiger partial charge in [-0.3, -0.25) is 13.8 Å². The van der Waals surface area contributed by atoms with Crippen LogP contribution in [0.5, 0.6) is 0 Å². The summed E-state index contributed by atoms with van der Waals surface area (Å²) in [7, 11) is -4.25. The third kappa shape index (κ3) is 18.7. The van der Waals surface area contributed by atoms with Crippen LogP contribution >= 0.6 is 7.82 Å². The Morgan fingerprint density at radius 3 is 1.86 bits per heavy atom. The van der Waals surface area contributed by atoms with Crippen molar-refractivity contribution in [3.8, 4) is 0 Å². The molecule has 16 heteroatoms. The zero-order valence-electron chi connectivity index (χ0n) is 26.6. The smallest absolute Gasteiger partial charge is 0.394 e. The van der Waals surface area contributed by atoms with E-state index in [0.29, 0.717) is 32.8 Å². The molecule has 0 bridgehead atoms. The Bertz CT molecular complexity index is 820. The largest absolute Gasteiger partial charge is 0.473 e. The Hall–Kier alpha value is -0.780. The first-order chi connectivity index (χ1) is 19.9. The average molecular weight is 648 g/mol. The molecule has 1 amide bonds. The number of hydrogen-bond acceptors (Lipinski definition) is 13. The van der Waals surface area contributed by atoms with Crippen molar-refractivity contribution in [1.29, 1.82) is 0 Å². The second-order valence-electron chi connectivity index (χ2n) is 12.4. The molecular formula is C27H54NO14P. The normalized spacial score (nSPS) is 25.3. The zero-order valence-corrected chi connectivity index (χ0v) is 27.5. The maximum Gasteiger partial charge on any atom is 0.473 e. The first kappa shape index (κ1) is 40.2. The highest BCUT2D eigenvalue weighted by Gasteiger charge is 2.45. The molecule has 1 rings (SSSR count). The van der Waals surface area contributed by atoms with Gasteiger partial charge in [-0.25, -0.2) is 4.57 Å². The molecule has 0 radical (unpaired) electrons. The molecule has 0 spiro atoms. The molecule has 1 saturated heterocycles. The first-order valence-corrected chi connectivity index (χ1v) is 16.0. The topological polar surface area (TPSA) is 201 Å². The predicted molar refractivity (Wildman–Crippen MR) is 154 cm³/mol. The van der Waals surface area contributed by atoms with Crippen molar-refractivity contribution >= 4 is 13.7 Å². The third-order valence-corrected chi connectivity index (χ3v) is 7.03. The third-order valence-electron chi connectivity index (χ3n) is 5.69. The highest BCUT2D eigenvalue weighted by Crippen LogP contribution is 2.49. The Kier molecular flexibility index (Phi) is 18.4. The Morgan fingerprint density at radius 2 is 1.40 bits per heavy atom. The number of carbonyl (C=O) groups excluding carboxylic acids is 1. The summed E-state index contributed by atoms with van der Waals surface area (Å²) in [5, 5.41) is 32.1. The predicted octanol–water partition coefficient (Wildman–Crippen LogP) is 0.750. The van der Waals surface area contributed by atoms with Gasteiger partial charge in [0.05, 0.1) is 77.8 Å². The molecule has 1 fully saturated rings. The van der Waals surface area contributed by atoms with Crippen molar-refractivity contribution < 1.29 is 67.0 Å². The number of rotatable bonds is 21. The van der Waals surface area contributed by atoms with Crippen molar-refractivity contribution in [2.24, 2.45) is 5.41 Å². The van der Waals surface area contributed by atoms with Crippen molar-refractivity contribution in [3.05, 3.63) is 0 Å². The fourth-order valence-corrected chi connectivity index (χ4v) is 5.32. The van der Waals surface area contributed by atoms with Crippen LogP contribution < -0.4 is 5.32 Å². The van der Waals surface area contributed by atoms with E-state index in [1.54, 1.807) is 20.8 Å². The van der Waals surface area contributed by atoms with Crippen LogP contribution in [0, 0.1) is 5.41 Å². The lowest BCUT2D eigenvalue weighted by atomic mass is 9.89. The van der Waals surface area contributed by atoms with Gasteiger partial charge in [0.15, 0.2) is 6.29 Å². The second kappa shape index (κ2) is 19.7. The fraction of sp³-hybridized carbons (Fsp3) is 0.963. The molecule has 0 aromatic rings. The van der Waals surface area contributed by atoms with Gasteiger partial charge in [0, 0.05) is 6.92 Å². The van der Waals surface area contributed by atoms with Gasteiger partial charge < -0.3 is 54.0 Å². The van der Waals surface area contributed by atoms with E-state index in [1.165, 1.54) is 6.92 Å². The summed E-state index contributed by atoms with van der Waals surface area (Å²) in [5.41, 5.74) is -0.987. The monoisotopic (exact) mass is 647 g/mol. The summed E-state index contributed by atoms with van der Waals surface area (Å²) >= 11 is 0. The fourth-order valence-electron chi connectivity index (χ4n) is 4.08. The van der Waals surface area contributed by atoms with Gasteiger partial charge in [0.25, 0.3) is 0 Å². The van der Waals surface area contributed by atoms with E-state index in [9.17, 15) is 29.6 Å². The van der Waals surface area contributed by atoms with Gasteiger partial charge in [-0.15, -0.1) is 0 Å². The van der Waals surface area contributed by atoms with E-state index >= 15 is 0 Å². The van der Waals surface area contributed by atoms with Crippen molar-refractivity contribution in [2.45, 2.75) is 97.2 Å². The first-order valence-electron chi connectivity index (χ1n) is 14.5. The number of ether oxygens (including phenoxy) is 6. The maximum absolute atomic E-state index is 12.4. The van der Waals surface area contributed by atoms with Crippen LogP contribution in [0.25, 0.3) is 0 Å². The number of hydrogen-bond donors (Lipinski definition) is 5. The maximum atomic E-state index is 12.4. The Balaban J connectivity index is 2.17. The van der Waals surface area contributed by atoms with E-state index in [0.717, 1.165) is 0 Å². The van der Waals surface area contributed by atoms with Crippen LogP contribution in [-0.2, 0) is 46.8 Å². The summed E-state index contributed by atoms with van der Waals surface area (Å²) in [4.78, 5) is 21.6. The SMILES string of the molecule is CC(=O)N[C@H]1[C@H](OCCOCCOCCOCCOC[C@@H](CC(C)(C)C)OP(=O)(O)OC(C)(C)C)O[C@H](CO)[C@H](O)[C@@H]1O. The molecular weight excluding hydrogens is 593 g/mol. The standard InChI is InChI=1S/C27H54NO14P/c1-19(30)28-22-24(32)23(31)21(17-29)40-25(22)39-15-14-37-11-10-35-8-9-36-12-13-38-18-20(16-26(2,3)4)41-43(33,34)42-27(5,6)7/h20-25,29,31-32H,8-18H2,1-7H3,(H,28,30)(H,33,34)/t20-,21-,22-,23+,24-,25-/m1/s1. The van der Waals surface area contributed by atoms with E-state index in [1.807, 2.05) is 20.8 Å². The molecule has 7 atom stereocenters. The summed E-state index contributed by atoms with van der Waals surface area (Å²) in [6.45, 7) is 14.0. The number of phosphoric ester groups is 1. The second-order valence-corrected chi connectivity index (χ2v) is 13.7. The molecule has 1 aliphatic rings. The lowest BCUT2D eigenvalue weighted by molar-refractivity contribution is -0.272. The Labute approximate surface area is 255 Å². The molecule has 43 heavy (non-hydrogen) atoms. The van der Waals surface area contributed by atoms with Crippen molar-refractivity contribution in [1.82, 2.24) is 5.32 Å². The summed E-state index contributed by atoms with van der Waals surface area (Å²) in [6.07, 6.45) is -5.00. The van der Waals surface area contributed by atoms with Gasteiger partial charge in [-0.2, -0.15) is 0 Å². The lowest BCUT2D eigenvalue weighted by Crippen LogP contribution is -2.64. The minimum Gasteiger partial charge on any atom is -0.394 e. The van der Waals surface area contributed by atoms with Crippen LogP contribution in [0.3, 0.4) is 0 Å². The van der Waals surface area contributed by atoms with Crippen molar-refractivity contribution in [2.75, 3.05) is 66.1 Å². The van der Waals surface area contributed by atoms with Crippen LogP contribution in [-0.4, -0.2) is 135 Å². The minimum atomic E-state index is -4.25. The molecule has 1 unspecified atom stereocenters. The quantitative estimate of drug-likeness (QED) is 0.0863. The molecule has 256 valence electrons. The lowest BCUT2D eigenvalue weighted by Gasteiger charge is -2.42. The molecule has 0 aromatic heterocycles. The molecule has 1 aliphatic heterocycles. The summed E-state index contributed by atoms with van der Waals surface area (Å²) in [5.74, 6) is -0.433. The van der Waals surface area contributed by atoms with Gasteiger partial charge in [0.2, 0.25) is 5.91 Å².